The molecule has 7 heteroatoms. The van der Waals surface area contributed by atoms with Crippen LogP contribution in [0.25, 0.3) is 0 Å². The number of carboxylic acids is 1. The van der Waals surface area contributed by atoms with Gasteiger partial charge in [-0.05, 0) is 31.0 Å². The number of benzene rings is 1. The molecule has 0 spiro atoms. The third-order valence-corrected chi connectivity index (χ3v) is 2.77. The lowest BCUT2D eigenvalue weighted by Crippen LogP contribution is -2.41. The second kappa shape index (κ2) is 7.39. The summed E-state index contributed by atoms with van der Waals surface area (Å²) in [4.78, 5) is 34.7. The second-order valence-electron chi connectivity index (χ2n) is 4.87. The number of primary amides is 1. The van der Waals surface area contributed by atoms with Crippen LogP contribution in [0.2, 0.25) is 0 Å². The van der Waals surface area contributed by atoms with Crippen LogP contribution in [-0.2, 0) is 14.4 Å². The van der Waals surface area contributed by atoms with Gasteiger partial charge in [-0.25, -0.2) is 0 Å². The van der Waals surface area contributed by atoms with E-state index in [-0.39, 0.29) is 13.1 Å². The average molecular weight is 293 g/mol. The average Bonchev–Trinajstić information content (AvgIpc) is 2.31. The van der Waals surface area contributed by atoms with E-state index in [9.17, 15) is 14.4 Å². The van der Waals surface area contributed by atoms with Gasteiger partial charge in [0, 0.05) is 5.69 Å². The monoisotopic (exact) mass is 293 g/mol. The third kappa shape index (κ3) is 6.05. The Morgan fingerprint density at radius 3 is 2.43 bits per heavy atom. The van der Waals surface area contributed by atoms with Gasteiger partial charge < -0.3 is 16.2 Å². The molecule has 0 aliphatic carbocycles. The molecule has 0 bridgehead atoms. The molecule has 0 unspecified atom stereocenters. The molecule has 0 aliphatic heterocycles. The van der Waals surface area contributed by atoms with Gasteiger partial charge in [0.2, 0.25) is 11.8 Å². The highest BCUT2D eigenvalue weighted by Gasteiger charge is 2.16. The van der Waals surface area contributed by atoms with Crippen LogP contribution in [0.4, 0.5) is 5.69 Å². The van der Waals surface area contributed by atoms with E-state index in [0.29, 0.717) is 5.69 Å². The normalized spacial score (nSPS) is 10.4. The fourth-order valence-electron chi connectivity index (χ4n) is 1.84. The van der Waals surface area contributed by atoms with Gasteiger partial charge in [-0.3, -0.25) is 19.3 Å². The van der Waals surface area contributed by atoms with Gasteiger partial charge in [-0.1, -0.05) is 12.1 Å². The van der Waals surface area contributed by atoms with Gasteiger partial charge in [-0.15, -0.1) is 0 Å². The van der Waals surface area contributed by atoms with E-state index in [2.05, 4.69) is 5.32 Å². The van der Waals surface area contributed by atoms with Crippen molar-refractivity contribution in [1.29, 1.82) is 0 Å². The van der Waals surface area contributed by atoms with Crippen molar-refractivity contribution in [3.05, 3.63) is 29.3 Å². The molecule has 1 rings (SSSR count). The predicted molar refractivity (Wildman–Crippen MR) is 77.8 cm³/mol. The van der Waals surface area contributed by atoms with Crippen LogP contribution in [0.15, 0.2) is 18.2 Å². The van der Waals surface area contributed by atoms with Crippen LogP contribution in [0, 0.1) is 13.8 Å². The lowest BCUT2D eigenvalue weighted by atomic mass is 10.1. The van der Waals surface area contributed by atoms with Crippen molar-refractivity contribution in [2.45, 2.75) is 13.8 Å². The van der Waals surface area contributed by atoms with Crippen molar-refractivity contribution in [3.8, 4) is 0 Å². The molecule has 0 aliphatic rings. The minimum absolute atomic E-state index is 0.220. The summed E-state index contributed by atoms with van der Waals surface area (Å²) in [5.74, 6) is -2.21. The van der Waals surface area contributed by atoms with E-state index in [1.165, 1.54) is 4.90 Å². The van der Waals surface area contributed by atoms with Gasteiger partial charge in [0.1, 0.15) is 0 Å². The number of nitrogens with two attached hydrogens (primary N) is 1. The first-order chi connectivity index (χ1) is 9.77. The number of nitrogens with one attached hydrogen (secondary N) is 1. The van der Waals surface area contributed by atoms with Crippen molar-refractivity contribution >= 4 is 23.5 Å². The number of hydrogen-bond donors (Lipinski definition) is 3. The van der Waals surface area contributed by atoms with E-state index in [1.54, 1.807) is 0 Å². The number of aryl methyl sites for hydroxylation is 2. The molecule has 0 saturated heterocycles. The Morgan fingerprint density at radius 2 is 1.86 bits per heavy atom. The van der Waals surface area contributed by atoms with Crippen molar-refractivity contribution in [3.63, 3.8) is 0 Å². The number of carboxylic acid groups (broad SMARTS) is 1. The van der Waals surface area contributed by atoms with E-state index < -0.39 is 24.3 Å². The molecule has 2 amide bonds. The Labute approximate surface area is 122 Å². The van der Waals surface area contributed by atoms with Crippen LogP contribution >= 0.6 is 0 Å². The van der Waals surface area contributed by atoms with Crippen LogP contribution in [0.1, 0.15) is 11.1 Å². The van der Waals surface area contributed by atoms with E-state index in [4.69, 9.17) is 10.8 Å². The molecule has 0 radical (unpaired) electrons. The first-order valence-electron chi connectivity index (χ1n) is 6.37. The zero-order valence-corrected chi connectivity index (χ0v) is 12.0. The fourth-order valence-corrected chi connectivity index (χ4v) is 1.84. The van der Waals surface area contributed by atoms with E-state index in [1.807, 2.05) is 32.0 Å². The summed E-state index contributed by atoms with van der Waals surface area (Å²) in [6.45, 7) is 2.82. The lowest BCUT2D eigenvalue weighted by Gasteiger charge is -2.18. The minimum Gasteiger partial charge on any atom is -0.480 e. The van der Waals surface area contributed by atoms with Crippen LogP contribution in [0.5, 0.6) is 0 Å². The maximum Gasteiger partial charge on any atom is 0.317 e. The van der Waals surface area contributed by atoms with Gasteiger partial charge in [-0.2, -0.15) is 0 Å². The number of hydrogen-bond acceptors (Lipinski definition) is 4. The van der Waals surface area contributed by atoms with E-state index >= 15 is 0 Å². The Balaban J connectivity index is 2.70. The maximum atomic E-state index is 12.0. The van der Waals surface area contributed by atoms with E-state index in [0.717, 1.165) is 11.1 Å². The molecule has 114 valence electrons. The SMILES string of the molecule is Cc1ccc(C)c(NC(=O)CN(CC(N)=O)CC(=O)O)c1. The minimum atomic E-state index is -1.13. The Hall–Kier alpha value is -2.41. The van der Waals surface area contributed by atoms with Gasteiger partial charge in [0.15, 0.2) is 0 Å². The predicted octanol–water partition coefficient (Wildman–Crippen LogP) is 0.114. The van der Waals surface area contributed by atoms with Gasteiger partial charge >= 0.3 is 5.97 Å². The number of carbonyl (C=O) groups is 3. The number of anilines is 1. The van der Waals surface area contributed by atoms with Crippen LogP contribution < -0.4 is 11.1 Å². The zero-order chi connectivity index (χ0) is 16.0. The van der Waals surface area contributed by atoms with Crippen LogP contribution in [0.3, 0.4) is 0 Å². The molecule has 0 heterocycles. The molecular formula is C14H19N3O4. The standard InChI is InChI=1S/C14H19N3O4/c1-9-3-4-10(2)11(5-9)16-13(19)7-17(6-12(15)18)8-14(20)21/h3-5H,6-8H2,1-2H3,(H2,15,18)(H,16,19)(H,20,21). The van der Waals surface area contributed by atoms with Crippen LogP contribution in [-0.4, -0.2) is 47.4 Å². The van der Waals surface area contributed by atoms with Gasteiger partial charge in [0.25, 0.3) is 0 Å². The summed E-state index contributed by atoms with van der Waals surface area (Å²) in [5.41, 5.74) is 7.59. The molecule has 0 atom stereocenters. The molecular weight excluding hydrogens is 274 g/mol. The van der Waals surface area contributed by atoms with Crippen molar-refractivity contribution in [2.75, 3.05) is 25.0 Å². The first kappa shape index (κ1) is 16.6. The molecule has 1 aromatic carbocycles. The lowest BCUT2D eigenvalue weighted by molar-refractivity contribution is -0.138. The Morgan fingerprint density at radius 1 is 1.19 bits per heavy atom. The molecule has 4 N–H and O–H groups in total. The van der Waals surface area contributed by atoms with Crippen molar-refractivity contribution in [1.82, 2.24) is 4.90 Å². The summed E-state index contributed by atoms with van der Waals surface area (Å²) >= 11 is 0. The summed E-state index contributed by atoms with van der Waals surface area (Å²) in [7, 11) is 0. The molecule has 0 fully saturated rings. The number of nitrogens with zero attached hydrogens (tertiary/aromatic N) is 1. The summed E-state index contributed by atoms with van der Waals surface area (Å²) in [6.07, 6.45) is 0. The molecule has 0 aromatic heterocycles. The third-order valence-electron chi connectivity index (χ3n) is 2.77. The highest BCUT2D eigenvalue weighted by Crippen LogP contribution is 2.16. The smallest absolute Gasteiger partial charge is 0.317 e. The zero-order valence-electron chi connectivity index (χ0n) is 12.0. The highest BCUT2D eigenvalue weighted by atomic mass is 16.4. The summed E-state index contributed by atoms with van der Waals surface area (Å²) in [5, 5.41) is 11.5. The summed E-state index contributed by atoms with van der Waals surface area (Å²) in [6, 6.07) is 5.63. The largest absolute Gasteiger partial charge is 0.480 e. The number of aliphatic carboxylic acids is 1. The van der Waals surface area contributed by atoms with Crippen molar-refractivity contribution in [2.24, 2.45) is 5.73 Å². The summed E-state index contributed by atoms with van der Waals surface area (Å²) < 4.78 is 0. The second-order valence-corrected chi connectivity index (χ2v) is 4.87. The molecule has 7 nitrogen and oxygen atoms in total. The van der Waals surface area contributed by atoms with Gasteiger partial charge in [0.05, 0.1) is 19.6 Å². The number of rotatable bonds is 7. The fraction of sp³-hybridized carbons (Fsp3) is 0.357. The maximum absolute atomic E-state index is 12.0. The molecule has 1 aromatic rings. The molecule has 21 heavy (non-hydrogen) atoms. The Kier molecular flexibility index (Phi) is 5.86. The highest BCUT2D eigenvalue weighted by molar-refractivity contribution is 5.93. The number of carbonyl (C=O) groups excluding carboxylic acids is 2. The van der Waals surface area contributed by atoms with Crippen molar-refractivity contribution < 1.29 is 19.5 Å². The Bertz CT molecular complexity index is 541. The quantitative estimate of drug-likeness (QED) is 0.660. The first-order valence-corrected chi connectivity index (χ1v) is 6.37. The molecule has 0 saturated carbocycles. The number of amides is 2. The topological polar surface area (TPSA) is 113 Å².